The first kappa shape index (κ1) is 14.2. The minimum atomic E-state index is 0.599. The van der Waals surface area contributed by atoms with Crippen molar-refractivity contribution in [2.45, 2.75) is 19.3 Å². The van der Waals surface area contributed by atoms with Gasteiger partial charge >= 0.3 is 0 Å². The van der Waals surface area contributed by atoms with Crippen molar-refractivity contribution in [2.24, 2.45) is 11.7 Å². The molecule has 2 rings (SSSR count). The zero-order chi connectivity index (χ0) is 13.7. The zero-order valence-corrected chi connectivity index (χ0v) is 12.0. The highest BCUT2D eigenvalue weighted by molar-refractivity contribution is 5.36. The van der Waals surface area contributed by atoms with Crippen molar-refractivity contribution >= 4 is 5.82 Å². The van der Waals surface area contributed by atoms with Gasteiger partial charge in [-0.2, -0.15) is 0 Å². The molecule has 1 aromatic heterocycles. The van der Waals surface area contributed by atoms with Crippen LogP contribution in [0.5, 0.6) is 0 Å². The normalized spacial score (nSPS) is 17.6. The van der Waals surface area contributed by atoms with Crippen molar-refractivity contribution in [3.05, 3.63) is 18.1 Å². The molecule has 0 atom stereocenters. The lowest BCUT2D eigenvalue weighted by Crippen LogP contribution is -2.36. The standard InChI is InChI=1S/C14H25N5/c1-18-9-5-12(6-10-18)11-19(2)14-4-8-16-13(17-14)3-7-15/h4,8,12H,3,5-7,9-11,15H2,1-2H3. The van der Waals surface area contributed by atoms with Gasteiger partial charge in [-0.15, -0.1) is 0 Å². The Bertz CT molecular complexity index is 387. The summed E-state index contributed by atoms with van der Waals surface area (Å²) < 4.78 is 0. The summed E-state index contributed by atoms with van der Waals surface area (Å²) in [5, 5.41) is 0. The van der Waals surface area contributed by atoms with Gasteiger partial charge in [0, 0.05) is 26.2 Å². The molecule has 1 aliphatic rings. The molecule has 1 fully saturated rings. The van der Waals surface area contributed by atoms with E-state index in [1.807, 2.05) is 12.3 Å². The van der Waals surface area contributed by atoms with E-state index in [2.05, 4.69) is 33.9 Å². The van der Waals surface area contributed by atoms with Crippen LogP contribution in [0.4, 0.5) is 5.82 Å². The fraction of sp³-hybridized carbons (Fsp3) is 0.714. The molecule has 1 aromatic rings. The van der Waals surface area contributed by atoms with Gasteiger partial charge in [0.2, 0.25) is 0 Å². The minimum Gasteiger partial charge on any atom is -0.359 e. The van der Waals surface area contributed by atoms with Crippen LogP contribution in [-0.4, -0.2) is 55.1 Å². The van der Waals surface area contributed by atoms with E-state index < -0.39 is 0 Å². The first-order chi connectivity index (χ1) is 9.19. The number of aromatic nitrogens is 2. The topological polar surface area (TPSA) is 58.3 Å². The molecule has 2 N–H and O–H groups in total. The molecule has 0 bridgehead atoms. The molecular weight excluding hydrogens is 238 g/mol. The average molecular weight is 263 g/mol. The third-order valence-electron chi connectivity index (χ3n) is 3.82. The van der Waals surface area contributed by atoms with E-state index in [9.17, 15) is 0 Å². The lowest BCUT2D eigenvalue weighted by Gasteiger charge is -2.32. The van der Waals surface area contributed by atoms with E-state index in [-0.39, 0.29) is 0 Å². The summed E-state index contributed by atoms with van der Waals surface area (Å²) in [5.41, 5.74) is 5.55. The maximum Gasteiger partial charge on any atom is 0.131 e. The predicted octanol–water partition coefficient (Wildman–Crippen LogP) is 0.756. The van der Waals surface area contributed by atoms with Gasteiger partial charge in [0.15, 0.2) is 0 Å². The van der Waals surface area contributed by atoms with Crippen molar-refractivity contribution in [2.75, 3.05) is 45.2 Å². The van der Waals surface area contributed by atoms with Crippen LogP contribution in [0.15, 0.2) is 12.3 Å². The van der Waals surface area contributed by atoms with Crippen LogP contribution in [0.2, 0.25) is 0 Å². The summed E-state index contributed by atoms with van der Waals surface area (Å²) in [6, 6.07) is 1.98. The van der Waals surface area contributed by atoms with Gasteiger partial charge in [0.05, 0.1) is 0 Å². The summed E-state index contributed by atoms with van der Waals surface area (Å²) in [5.74, 6) is 2.63. The molecule has 0 spiro atoms. The number of likely N-dealkylation sites (tertiary alicyclic amines) is 1. The SMILES string of the molecule is CN1CCC(CN(C)c2ccnc(CCN)n2)CC1. The molecule has 0 amide bonds. The van der Waals surface area contributed by atoms with Crippen LogP contribution in [-0.2, 0) is 6.42 Å². The Labute approximate surface area is 115 Å². The summed E-state index contributed by atoms with van der Waals surface area (Å²) in [6.07, 6.45) is 5.14. The van der Waals surface area contributed by atoms with Gasteiger partial charge in [0.1, 0.15) is 11.6 Å². The van der Waals surface area contributed by atoms with Gasteiger partial charge in [-0.3, -0.25) is 0 Å². The number of nitrogens with zero attached hydrogens (tertiary/aromatic N) is 4. The average Bonchev–Trinajstić information content (AvgIpc) is 2.42. The lowest BCUT2D eigenvalue weighted by molar-refractivity contribution is 0.222. The number of hydrogen-bond acceptors (Lipinski definition) is 5. The lowest BCUT2D eigenvalue weighted by atomic mass is 9.97. The summed E-state index contributed by atoms with van der Waals surface area (Å²) in [4.78, 5) is 13.5. The summed E-state index contributed by atoms with van der Waals surface area (Å²) >= 11 is 0. The molecule has 19 heavy (non-hydrogen) atoms. The number of anilines is 1. The van der Waals surface area contributed by atoms with E-state index in [0.29, 0.717) is 6.54 Å². The van der Waals surface area contributed by atoms with Gasteiger partial charge < -0.3 is 15.5 Å². The number of nitrogens with two attached hydrogens (primary N) is 1. The van der Waals surface area contributed by atoms with Gasteiger partial charge in [0.25, 0.3) is 0 Å². The first-order valence-electron chi connectivity index (χ1n) is 7.10. The monoisotopic (exact) mass is 263 g/mol. The highest BCUT2D eigenvalue weighted by Gasteiger charge is 2.18. The molecular formula is C14H25N5. The van der Waals surface area contributed by atoms with E-state index >= 15 is 0 Å². The highest BCUT2D eigenvalue weighted by atomic mass is 15.2. The van der Waals surface area contributed by atoms with Crippen molar-refractivity contribution in [3.63, 3.8) is 0 Å². The Kier molecular flexibility index (Phi) is 5.10. The van der Waals surface area contributed by atoms with E-state index in [0.717, 1.165) is 30.5 Å². The molecule has 0 unspecified atom stereocenters. The Morgan fingerprint density at radius 2 is 2.16 bits per heavy atom. The molecule has 0 radical (unpaired) electrons. The fourth-order valence-corrected chi connectivity index (χ4v) is 2.58. The number of piperidine rings is 1. The second kappa shape index (κ2) is 6.82. The summed E-state index contributed by atoms with van der Waals surface area (Å²) in [6.45, 7) is 4.09. The smallest absolute Gasteiger partial charge is 0.131 e. The largest absolute Gasteiger partial charge is 0.359 e. The molecule has 0 aromatic carbocycles. The van der Waals surface area contributed by atoms with E-state index in [1.165, 1.54) is 25.9 Å². The Hall–Kier alpha value is -1.20. The van der Waals surface area contributed by atoms with Crippen LogP contribution in [0, 0.1) is 5.92 Å². The van der Waals surface area contributed by atoms with Gasteiger partial charge in [-0.25, -0.2) is 9.97 Å². The van der Waals surface area contributed by atoms with Crippen molar-refractivity contribution in [3.8, 4) is 0 Å². The van der Waals surface area contributed by atoms with Crippen molar-refractivity contribution in [1.82, 2.24) is 14.9 Å². The van der Waals surface area contributed by atoms with E-state index in [4.69, 9.17) is 5.73 Å². The number of rotatable bonds is 5. The van der Waals surface area contributed by atoms with Gasteiger partial charge in [-0.1, -0.05) is 0 Å². The molecule has 5 heteroatoms. The third kappa shape index (κ3) is 4.14. The number of hydrogen-bond donors (Lipinski definition) is 1. The van der Waals surface area contributed by atoms with Crippen molar-refractivity contribution in [1.29, 1.82) is 0 Å². The highest BCUT2D eigenvalue weighted by Crippen LogP contribution is 2.19. The van der Waals surface area contributed by atoms with Gasteiger partial charge in [-0.05, 0) is 51.5 Å². The maximum absolute atomic E-state index is 5.55. The molecule has 1 aliphatic heterocycles. The molecule has 1 saturated heterocycles. The Balaban J connectivity index is 1.91. The van der Waals surface area contributed by atoms with Crippen LogP contribution in [0.25, 0.3) is 0 Å². The minimum absolute atomic E-state index is 0.599. The van der Waals surface area contributed by atoms with Crippen LogP contribution < -0.4 is 10.6 Å². The second-order valence-electron chi connectivity index (χ2n) is 5.50. The van der Waals surface area contributed by atoms with Crippen LogP contribution >= 0.6 is 0 Å². The molecule has 2 heterocycles. The second-order valence-corrected chi connectivity index (χ2v) is 5.50. The first-order valence-corrected chi connectivity index (χ1v) is 7.10. The Morgan fingerprint density at radius 3 is 2.84 bits per heavy atom. The molecule has 5 nitrogen and oxygen atoms in total. The fourth-order valence-electron chi connectivity index (χ4n) is 2.58. The predicted molar refractivity (Wildman–Crippen MR) is 78.3 cm³/mol. The quantitative estimate of drug-likeness (QED) is 0.850. The van der Waals surface area contributed by atoms with Crippen molar-refractivity contribution < 1.29 is 0 Å². The molecule has 0 aliphatic carbocycles. The summed E-state index contributed by atoms with van der Waals surface area (Å²) in [7, 11) is 4.32. The van der Waals surface area contributed by atoms with E-state index in [1.54, 1.807) is 0 Å². The maximum atomic E-state index is 5.55. The molecule has 106 valence electrons. The zero-order valence-electron chi connectivity index (χ0n) is 12.0. The van der Waals surface area contributed by atoms with Crippen LogP contribution in [0.1, 0.15) is 18.7 Å². The third-order valence-corrected chi connectivity index (χ3v) is 3.82. The Morgan fingerprint density at radius 1 is 1.42 bits per heavy atom. The van der Waals surface area contributed by atoms with Crippen LogP contribution in [0.3, 0.4) is 0 Å². The molecule has 0 saturated carbocycles.